The SMILES string of the molecule is COc1ccc(OC(C)C)c(NC(=O)CC2COCCN2)c1.Cl. The van der Waals surface area contributed by atoms with Gasteiger partial charge in [-0.1, -0.05) is 0 Å². The zero-order valence-corrected chi connectivity index (χ0v) is 14.6. The van der Waals surface area contributed by atoms with Crippen molar-refractivity contribution in [2.45, 2.75) is 32.4 Å². The van der Waals surface area contributed by atoms with E-state index < -0.39 is 0 Å². The lowest BCUT2D eigenvalue weighted by Gasteiger charge is -2.23. The number of hydrogen-bond acceptors (Lipinski definition) is 5. The third-order valence-corrected chi connectivity index (χ3v) is 3.25. The van der Waals surface area contributed by atoms with E-state index >= 15 is 0 Å². The topological polar surface area (TPSA) is 68.8 Å². The predicted octanol–water partition coefficient (Wildman–Crippen LogP) is 2.22. The highest BCUT2D eigenvalue weighted by molar-refractivity contribution is 5.93. The minimum atomic E-state index is -0.0788. The summed E-state index contributed by atoms with van der Waals surface area (Å²) in [6.45, 7) is 5.91. The molecule has 1 atom stereocenters. The number of methoxy groups -OCH3 is 1. The van der Waals surface area contributed by atoms with E-state index in [9.17, 15) is 4.79 Å². The molecule has 7 heteroatoms. The molecule has 1 aliphatic heterocycles. The van der Waals surface area contributed by atoms with Crippen LogP contribution in [0.5, 0.6) is 11.5 Å². The van der Waals surface area contributed by atoms with Crippen LogP contribution in [0.15, 0.2) is 18.2 Å². The molecule has 1 aromatic rings. The second kappa shape index (κ2) is 9.60. The lowest BCUT2D eigenvalue weighted by molar-refractivity contribution is -0.117. The lowest BCUT2D eigenvalue weighted by Crippen LogP contribution is -2.43. The van der Waals surface area contributed by atoms with Crippen LogP contribution in [-0.4, -0.2) is 44.9 Å². The summed E-state index contributed by atoms with van der Waals surface area (Å²) in [7, 11) is 1.59. The molecule has 2 rings (SSSR count). The van der Waals surface area contributed by atoms with Crippen LogP contribution in [0.4, 0.5) is 5.69 Å². The van der Waals surface area contributed by atoms with Gasteiger partial charge in [0, 0.05) is 25.1 Å². The van der Waals surface area contributed by atoms with Gasteiger partial charge in [-0.3, -0.25) is 4.79 Å². The fourth-order valence-electron chi connectivity index (χ4n) is 2.27. The summed E-state index contributed by atoms with van der Waals surface area (Å²) >= 11 is 0. The van der Waals surface area contributed by atoms with E-state index in [-0.39, 0.29) is 30.5 Å². The van der Waals surface area contributed by atoms with Gasteiger partial charge in [-0.25, -0.2) is 0 Å². The highest BCUT2D eigenvalue weighted by atomic mass is 35.5. The normalized spacial score (nSPS) is 17.3. The Morgan fingerprint density at radius 3 is 2.87 bits per heavy atom. The summed E-state index contributed by atoms with van der Waals surface area (Å²) < 4.78 is 16.3. The predicted molar refractivity (Wildman–Crippen MR) is 91.9 cm³/mol. The van der Waals surface area contributed by atoms with Gasteiger partial charge in [0.25, 0.3) is 0 Å². The zero-order valence-electron chi connectivity index (χ0n) is 13.8. The highest BCUT2D eigenvalue weighted by Crippen LogP contribution is 2.30. The Morgan fingerprint density at radius 1 is 1.48 bits per heavy atom. The van der Waals surface area contributed by atoms with Gasteiger partial charge < -0.3 is 24.8 Å². The summed E-state index contributed by atoms with van der Waals surface area (Å²) in [4.78, 5) is 12.2. The van der Waals surface area contributed by atoms with Crippen molar-refractivity contribution >= 4 is 24.0 Å². The van der Waals surface area contributed by atoms with Crippen molar-refractivity contribution in [2.75, 3.05) is 32.2 Å². The van der Waals surface area contributed by atoms with Gasteiger partial charge in [-0.05, 0) is 26.0 Å². The van der Waals surface area contributed by atoms with Crippen molar-refractivity contribution in [3.05, 3.63) is 18.2 Å². The molecule has 6 nitrogen and oxygen atoms in total. The summed E-state index contributed by atoms with van der Waals surface area (Å²) in [5.41, 5.74) is 0.620. The number of carbonyl (C=O) groups is 1. The average molecular weight is 345 g/mol. The summed E-state index contributed by atoms with van der Waals surface area (Å²) in [5, 5.41) is 6.16. The minimum Gasteiger partial charge on any atom is -0.497 e. The number of carbonyl (C=O) groups excluding carboxylic acids is 1. The number of rotatable bonds is 6. The maximum atomic E-state index is 12.2. The molecule has 0 radical (unpaired) electrons. The molecule has 0 aliphatic carbocycles. The van der Waals surface area contributed by atoms with Crippen molar-refractivity contribution in [1.29, 1.82) is 0 Å². The minimum absolute atomic E-state index is 0. The van der Waals surface area contributed by atoms with E-state index in [0.717, 1.165) is 6.54 Å². The van der Waals surface area contributed by atoms with Gasteiger partial charge in [0.1, 0.15) is 11.5 Å². The third kappa shape index (κ3) is 6.25. The molecule has 1 heterocycles. The average Bonchev–Trinajstić information content (AvgIpc) is 2.49. The van der Waals surface area contributed by atoms with E-state index in [2.05, 4.69) is 10.6 Å². The molecule has 0 spiro atoms. The molecule has 0 bridgehead atoms. The van der Waals surface area contributed by atoms with Crippen molar-refractivity contribution in [2.24, 2.45) is 0 Å². The Morgan fingerprint density at radius 2 is 2.26 bits per heavy atom. The first-order valence-corrected chi connectivity index (χ1v) is 7.54. The van der Waals surface area contributed by atoms with E-state index in [1.807, 2.05) is 19.9 Å². The second-order valence-electron chi connectivity index (χ2n) is 5.51. The molecule has 1 saturated heterocycles. The number of nitrogens with one attached hydrogen (secondary N) is 2. The maximum Gasteiger partial charge on any atom is 0.226 e. The van der Waals surface area contributed by atoms with Crippen LogP contribution in [0.2, 0.25) is 0 Å². The van der Waals surface area contributed by atoms with Crippen molar-refractivity contribution < 1.29 is 19.0 Å². The Hall–Kier alpha value is -1.50. The molecule has 1 aromatic carbocycles. The van der Waals surface area contributed by atoms with Gasteiger partial charge in [0.2, 0.25) is 5.91 Å². The fourth-order valence-corrected chi connectivity index (χ4v) is 2.27. The van der Waals surface area contributed by atoms with Crippen LogP contribution in [0.3, 0.4) is 0 Å². The van der Waals surface area contributed by atoms with Gasteiger partial charge in [-0.2, -0.15) is 0 Å². The fraction of sp³-hybridized carbons (Fsp3) is 0.562. The Balaban J connectivity index is 0.00000264. The number of benzene rings is 1. The Kier molecular flexibility index (Phi) is 8.16. The molecule has 130 valence electrons. The molecule has 0 saturated carbocycles. The van der Waals surface area contributed by atoms with E-state index in [1.54, 1.807) is 19.2 Å². The van der Waals surface area contributed by atoms with Crippen LogP contribution in [0.25, 0.3) is 0 Å². The summed E-state index contributed by atoms with van der Waals surface area (Å²) in [6, 6.07) is 5.43. The number of morpholine rings is 1. The number of ether oxygens (including phenoxy) is 3. The first-order valence-electron chi connectivity index (χ1n) is 7.54. The monoisotopic (exact) mass is 344 g/mol. The molecular weight excluding hydrogens is 320 g/mol. The second-order valence-corrected chi connectivity index (χ2v) is 5.51. The van der Waals surface area contributed by atoms with Crippen LogP contribution in [0.1, 0.15) is 20.3 Å². The van der Waals surface area contributed by atoms with E-state index in [1.165, 1.54) is 0 Å². The Bertz CT molecular complexity index is 505. The molecule has 1 unspecified atom stereocenters. The third-order valence-electron chi connectivity index (χ3n) is 3.25. The van der Waals surface area contributed by atoms with Crippen LogP contribution in [-0.2, 0) is 9.53 Å². The number of hydrogen-bond donors (Lipinski definition) is 2. The van der Waals surface area contributed by atoms with Crippen LogP contribution >= 0.6 is 12.4 Å². The number of anilines is 1. The first kappa shape index (κ1) is 19.5. The zero-order chi connectivity index (χ0) is 15.9. The van der Waals surface area contributed by atoms with Crippen LogP contribution < -0.4 is 20.1 Å². The smallest absolute Gasteiger partial charge is 0.226 e. The van der Waals surface area contributed by atoms with Gasteiger partial charge in [0.05, 0.1) is 32.1 Å². The lowest BCUT2D eigenvalue weighted by atomic mass is 10.2. The molecule has 1 aliphatic rings. The molecule has 0 aromatic heterocycles. The van der Waals surface area contributed by atoms with Crippen molar-refractivity contribution in [3.8, 4) is 11.5 Å². The van der Waals surface area contributed by atoms with E-state index in [0.29, 0.717) is 36.8 Å². The molecular formula is C16H25ClN2O4. The largest absolute Gasteiger partial charge is 0.497 e. The number of amides is 1. The molecule has 1 fully saturated rings. The standard InChI is InChI=1S/C16H24N2O4.ClH/c1-11(2)22-15-5-4-13(20-3)9-14(15)18-16(19)8-12-10-21-7-6-17-12;/h4-5,9,11-12,17H,6-8,10H2,1-3H3,(H,18,19);1H. The van der Waals surface area contributed by atoms with Crippen molar-refractivity contribution in [3.63, 3.8) is 0 Å². The van der Waals surface area contributed by atoms with Gasteiger partial charge >= 0.3 is 0 Å². The molecule has 2 N–H and O–H groups in total. The Labute approximate surface area is 143 Å². The summed E-state index contributed by atoms with van der Waals surface area (Å²) in [6.07, 6.45) is 0.385. The van der Waals surface area contributed by atoms with Gasteiger partial charge in [0.15, 0.2) is 0 Å². The first-order chi connectivity index (χ1) is 10.6. The summed E-state index contributed by atoms with van der Waals surface area (Å²) in [5.74, 6) is 1.23. The van der Waals surface area contributed by atoms with Crippen molar-refractivity contribution in [1.82, 2.24) is 5.32 Å². The van der Waals surface area contributed by atoms with Crippen LogP contribution in [0, 0.1) is 0 Å². The van der Waals surface area contributed by atoms with E-state index in [4.69, 9.17) is 14.2 Å². The van der Waals surface area contributed by atoms with Gasteiger partial charge in [-0.15, -0.1) is 12.4 Å². The maximum absolute atomic E-state index is 12.2. The highest BCUT2D eigenvalue weighted by Gasteiger charge is 2.18. The quantitative estimate of drug-likeness (QED) is 0.828. The molecule has 1 amide bonds. The number of halogens is 1. The molecule has 23 heavy (non-hydrogen) atoms.